The summed E-state index contributed by atoms with van der Waals surface area (Å²) in [5, 5.41) is 11.9. The van der Waals surface area contributed by atoms with Crippen molar-refractivity contribution in [2.24, 2.45) is 14.1 Å². The van der Waals surface area contributed by atoms with Gasteiger partial charge in [-0.25, -0.2) is 4.79 Å². The summed E-state index contributed by atoms with van der Waals surface area (Å²) in [6.07, 6.45) is 2.48. The number of aromatic nitrogens is 2. The Morgan fingerprint density at radius 3 is 2.52 bits per heavy atom. The number of hydrogen-bond donors (Lipinski definition) is 1. The third kappa shape index (κ3) is 3.75. The van der Waals surface area contributed by atoms with Gasteiger partial charge in [0.05, 0.1) is 5.56 Å². The van der Waals surface area contributed by atoms with Crippen molar-refractivity contribution in [3.05, 3.63) is 67.5 Å². The maximum absolute atomic E-state index is 12.4. The van der Waals surface area contributed by atoms with E-state index in [1.54, 1.807) is 12.1 Å². The van der Waals surface area contributed by atoms with E-state index >= 15 is 0 Å². The van der Waals surface area contributed by atoms with Gasteiger partial charge in [-0.2, -0.15) is 5.26 Å². The van der Waals surface area contributed by atoms with Gasteiger partial charge in [0.2, 0.25) is 0 Å². The Morgan fingerprint density at radius 2 is 1.92 bits per heavy atom. The maximum Gasteiger partial charge on any atom is 0.330 e. The Labute approximate surface area is 144 Å². The molecule has 7 heteroatoms. The van der Waals surface area contributed by atoms with Gasteiger partial charge in [0, 0.05) is 26.0 Å². The van der Waals surface area contributed by atoms with Crippen molar-refractivity contribution in [2.75, 3.05) is 5.32 Å². The lowest BCUT2D eigenvalue weighted by atomic mass is 10.1. The summed E-state index contributed by atoms with van der Waals surface area (Å²) >= 11 is 0. The Balaban J connectivity index is 2.41. The summed E-state index contributed by atoms with van der Waals surface area (Å²) in [6, 6.07) is 7.31. The second-order valence-electron chi connectivity index (χ2n) is 5.78. The van der Waals surface area contributed by atoms with E-state index in [1.807, 2.05) is 26.0 Å². The summed E-state index contributed by atoms with van der Waals surface area (Å²) < 4.78 is 2.13. The number of anilines is 1. The smallest absolute Gasteiger partial charge is 0.321 e. The quantitative estimate of drug-likeness (QED) is 0.673. The number of nitriles is 1. The van der Waals surface area contributed by atoms with Crippen LogP contribution in [0, 0.1) is 25.2 Å². The molecule has 25 heavy (non-hydrogen) atoms. The molecular weight excluding hydrogens is 320 g/mol. The summed E-state index contributed by atoms with van der Waals surface area (Å²) in [5.74, 6) is -0.620. The third-order valence-corrected chi connectivity index (χ3v) is 3.77. The van der Waals surface area contributed by atoms with Gasteiger partial charge in [0.25, 0.3) is 11.5 Å². The first-order chi connectivity index (χ1) is 11.7. The fraction of sp³-hybridized carbons (Fsp3) is 0.222. The van der Waals surface area contributed by atoms with Gasteiger partial charge in [-0.15, -0.1) is 0 Å². The van der Waals surface area contributed by atoms with E-state index in [9.17, 15) is 19.6 Å². The predicted octanol–water partition coefficient (Wildman–Crippen LogP) is 1.25. The first-order valence-corrected chi connectivity index (χ1v) is 7.51. The number of benzene rings is 1. The van der Waals surface area contributed by atoms with E-state index in [1.165, 1.54) is 30.9 Å². The number of amides is 1. The van der Waals surface area contributed by atoms with Crippen molar-refractivity contribution in [1.29, 1.82) is 5.26 Å². The van der Waals surface area contributed by atoms with Gasteiger partial charge in [-0.1, -0.05) is 17.7 Å². The van der Waals surface area contributed by atoms with Crippen LogP contribution in [0.2, 0.25) is 0 Å². The SMILES string of the molecule is Cc1ccc(NC(=O)/C(C#N)=C/c2cn(C)c(=O)n(C)c2=O)c(C)c1. The molecule has 0 saturated carbocycles. The van der Waals surface area contributed by atoms with E-state index in [-0.39, 0.29) is 11.1 Å². The summed E-state index contributed by atoms with van der Waals surface area (Å²) in [7, 11) is 2.82. The van der Waals surface area contributed by atoms with Crippen LogP contribution in [0.1, 0.15) is 16.7 Å². The number of aryl methyl sites for hydroxylation is 3. The molecule has 2 aromatic rings. The van der Waals surface area contributed by atoms with Crippen LogP contribution >= 0.6 is 0 Å². The lowest BCUT2D eigenvalue weighted by molar-refractivity contribution is -0.112. The van der Waals surface area contributed by atoms with Crippen molar-refractivity contribution in [3.63, 3.8) is 0 Å². The number of nitrogens with zero attached hydrogens (tertiary/aromatic N) is 3. The minimum atomic E-state index is -0.620. The highest BCUT2D eigenvalue weighted by Crippen LogP contribution is 2.17. The molecular formula is C18H18N4O3. The van der Waals surface area contributed by atoms with Crippen LogP contribution in [-0.4, -0.2) is 15.0 Å². The van der Waals surface area contributed by atoms with Crippen LogP contribution in [0.4, 0.5) is 5.69 Å². The number of rotatable bonds is 3. The van der Waals surface area contributed by atoms with Gasteiger partial charge in [0.1, 0.15) is 11.6 Å². The zero-order valence-electron chi connectivity index (χ0n) is 14.5. The normalized spacial score (nSPS) is 11.1. The van der Waals surface area contributed by atoms with Crippen molar-refractivity contribution in [2.45, 2.75) is 13.8 Å². The topological polar surface area (TPSA) is 96.9 Å². The predicted molar refractivity (Wildman–Crippen MR) is 95.1 cm³/mol. The number of hydrogen-bond acceptors (Lipinski definition) is 4. The fourth-order valence-electron chi connectivity index (χ4n) is 2.38. The second-order valence-corrected chi connectivity index (χ2v) is 5.78. The van der Waals surface area contributed by atoms with E-state index in [0.717, 1.165) is 15.7 Å². The van der Waals surface area contributed by atoms with Crippen LogP contribution in [0.3, 0.4) is 0 Å². The average molecular weight is 338 g/mol. The van der Waals surface area contributed by atoms with Gasteiger partial charge < -0.3 is 9.88 Å². The molecule has 1 aromatic carbocycles. The molecule has 0 bridgehead atoms. The molecule has 0 fully saturated rings. The van der Waals surface area contributed by atoms with E-state index in [2.05, 4.69) is 5.32 Å². The monoisotopic (exact) mass is 338 g/mol. The Bertz CT molecular complexity index is 1040. The molecule has 1 N–H and O–H groups in total. The largest absolute Gasteiger partial charge is 0.330 e. The zero-order chi connectivity index (χ0) is 18.7. The molecule has 1 aromatic heterocycles. The molecule has 0 radical (unpaired) electrons. The average Bonchev–Trinajstić information content (AvgIpc) is 2.57. The van der Waals surface area contributed by atoms with Crippen molar-refractivity contribution in [3.8, 4) is 6.07 Å². The molecule has 0 aliphatic carbocycles. The number of nitrogens with one attached hydrogen (secondary N) is 1. The summed E-state index contributed by atoms with van der Waals surface area (Å²) in [6.45, 7) is 3.79. The first-order valence-electron chi connectivity index (χ1n) is 7.51. The van der Waals surface area contributed by atoms with Crippen molar-refractivity contribution in [1.82, 2.24) is 9.13 Å². The molecule has 7 nitrogen and oxygen atoms in total. The van der Waals surface area contributed by atoms with Crippen LogP contribution in [-0.2, 0) is 18.9 Å². The zero-order valence-corrected chi connectivity index (χ0v) is 14.5. The van der Waals surface area contributed by atoms with Gasteiger partial charge in [-0.05, 0) is 31.6 Å². The Hall–Kier alpha value is -3.40. The molecule has 2 rings (SSSR count). The Morgan fingerprint density at radius 1 is 1.24 bits per heavy atom. The first kappa shape index (κ1) is 17.9. The molecule has 0 unspecified atom stereocenters. The highest BCUT2D eigenvalue weighted by molar-refractivity contribution is 6.09. The minimum Gasteiger partial charge on any atom is -0.321 e. The fourth-order valence-corrected chi connectivity index (χ4v) is 2.38. The van der Waals surface area contributed by atoms with E-state index < -0.39 is 17.2 Å². The minimum absolute atomic E-state index is 0.0805. The van der Waals surface area contributed by atoms with Gasteiger partial charge in [-0.3, -0.25) is 14.2 Å². The highest BCUT2D eigenvalue weighted by atomic mass is 16.2. The molecule has 1 heterocycles. The lowest BCUT2D eigenvalue weighted by Crippen LogP contribution is -2.37. The van der Waals surface area contributed by atoms with Crippen molar-refractivity contribution >= 4 is 17.7 Å². The number of carbonyl (C=O) groups is 1. The second kappa shape index (κ2) is 7.01. The summed E-state index contributed by atoms with van der Waals surface area (Å²) in [5.41, 5.74) is 1.30. The highest BCUT2D eigenvalue weighted by Gasteiger charge is 2.13. The standard InChI is InChI=1S/C18H18N4O3/c1-11-5-6-15(12(2)7-11)20-16(23)13(9-19)8-14-10-21(3)18(25)22(4)17(14)24/h5-8,10H,1-4H3,(H,20,23)/b13-8+. The van der Waals surface area contributed by atoms with Crippen LogP contribution in [0.25, 0.3) is 6.08 Å². The van der Waals surface area contributed by atoms with Crippen molar-refractivity contribution < 1.29 is 4.79 Å². The van der Waals surface area contributed by atoms with Crippen LogP contribution in [0.15, 0.2) is 39.6 Å². The molecule has 0 spiro atoms. The van der Waals surface area contributed by atoms with Crippen LogP contribution in [0.5, 0.6) is 0 Å². The molecule has 1 amide bonds. The molecule has 0 atom stereocenters. The molecule has 0 aliphatic heterocycles. The van der Waals surface area contributed by atoms with Crippen LogP contribution < -0.4 is 16.6 Å². The van der Waals surface area contributed by atoms with Gasteiger partial charge >= 0.3 is 5.69 Å². The molecule has 128 valence electrons. The van der Waals surface area contributed by atoms with E-state index in [4.69, 9.17) is 0 Å². The van der Waals surface area contributed by atoms with Gasteiger partial charge in [0.15, 0.2) is 0 Å². The maximum atomic E-state index is 12.4. The lowest BCUT2D eigenvalue weighted by Gasteiger charge is -2.09. The summed E-state index contributed by atoms with van der Waals surface area (Å²) in [4.78, 5) is 36.2. The Kier molecular flexibility index (Phi) is 5.03. The molecule has 0 aliphatic rings. The van der Waals surface area contributed by atoms with E-state index in [0.29, 0.717) is 5.69 Å². The molecule has 0 saturated heterocycles. The number of carbonyl (C=O) groups excluding carboxylic acids is 1. The third-order valence-electron chi connectivity index (χ3n) is 3.77.